The molecule has 0 spiro atoms. The fraction of sp³-hybridized carbons (Fsp3) is 0.571. The Labute approximate surface area is 198 Å². The van der Waals surface area contributed by atoms with E-state index in [2.05, 4.69) is 81.6 Å². The third-order valence-corrected chi connectivity index (χ3v) is 7.13. The van der Waals surface area contributed by atoms with Gasteiger partial charge in [-0.1, -0.05) is 31.1 Å². The Morgan fingerprint density at radius 3 is 2.36 bits per heavy atom. The first-order valence-corrected chi connectivity index (χ1v) is 12.2. The average molecular weight is 450 g/mol. The summed E-state index contributed by atoms with van der Waals surface area (Å²) in [5.41, 5.74) is 5.48. The molecular formula is C28H39N3O2. The normalized spacial score (nSPS) is 22.0. The molecule has 1 aliphatic carbocycles. The van der Waals surface area contributed by atoms with Crippen LogP contribution in [0.15, 0.2) is 34.9 Å². The smallest absolute Gasteiger partial charge is 0.277 e. The fourth-order valence-corrected chi connectivity index (χ4v) is 5.73. The zero-order valence-electron chi connectivity index (χ0n) is 21.3. The maximum Gasteiger partial charge on any atom is 0.277 e. The minimum atomic E-state index is -0.235. The predicted molar refractivity (Wildman–Crippen MR) is 135 cm³/mol. The van der Waals surface area contributed by atoms with Crippen LogP contribution in [-0.4, -0.2) is 22.1 Å². The number of carbonyl (C=O) groups excluding carboxylic acids is 1. The molecule has 0 unspecified atom stereocenters. The molecule has 0 bridgehead atoms. The van der Waals surface area contributed by atoms with Crippen LogP contribution in [-0.2, 0) is 0 Å². The second-order valence-corrected chi connectivity index (χ2v) is 12.2. The molecule has 33 heavy (non-hydrogen) atoms. The molecule has 1 aromatic heterocycles. The van der Waals surface area contributed by atoms with Crippen LogP contribution in [0.25, 0.3) is 5.57 Å². The zero-order valence-corrected chi connectivity index (χ0v) is 21.3. The number of allylic oxidation sites excluding steroid dienone is 2. The highest BCUT2D eigenvalue weighted by Crippen LogP contribution is 2.43. The van der Waals surface area contributed by atoms with Crippen LogP contribution < -0.4 is 10.6 Å². The van der Waals surface area contributed by atoms with Gasteiger partial charge >= 0.3 is 0 Å². The number of aryl methyl sites for hydroxylation is 1. The van der Waals surface area contributed by atoms with E-state index in [0.717, 1.165) is 43.4 Å². The number of carbonyl (C=O) groups is 1. The predicted octanol–water partition coefficient (Wildman–Crippen LogP) is 6.85. The van der Waals surface area contributed by atoms with Gasteiger partial charge in [0.15, 0.2) is 5.69 Å². The lowest BCUT2D eigenvalue weighted by Gasteiger charge is -2.47. The molecule has 2 N–H and O–H groups in total. The van der Waals surface area contributed by atoms with E-state index in [-0.39, 0.29) is 17.0 Å². The molecule has 1 aromatic carbocycles. The van der Waals surface area contributed by atoms with E-state index >= 15 is 0 Å². The van der Waals surface area contributed by atoms with Gasteiger partial charge < -0.3 is 15.2 Å². The summed E-state index contributed by atoms with van der Waals surface area (Å²) < 4.78 is 5.10. The summed E-state index contributed by atoms with van der Waals surface area (Å²) in [6.45, 7) is 15.6. The van der Waals surface area contributed by atoms with Crippen molar-refractivity contribution in [1.29, 1.82) is 0 Å². The minimum Gasteiger partial charge on any atom is -0.361 e. The maximum atomic E-state index is 12.9. The molecule has 5 nitrogen and oxygen atoms in total. The first-order valence-electron chi connectivity index (χ1n) is 12.2. The van der Waals surface area contributed by atoms with Gasteiger partial charge in [-0.05, 0) is 101 Å². The van der Waals surface area contributed by atoms with Gasteiger partial charge in [0.2, 0.25) is 0 Å². The van der Waals surface area contributed by atoms with Gasteiger partial charge in [-0.15, -0.1) is 0 Å². The van der Waals surface area contributed by atoms with Gasteiger partial charge in [0.05, 0.1) is 0 Å². The van der Waals surface area contributed by atoms with E-state index in [1.165, 1.54) is 11.1 Å². The average Bonchev–Trinajstić information content (AvgIpc) is 3.12. The molecular weight excluding hydrogens is 410 g/mol. The second-order valence-electron chi connectivity index (χ2n) is 12.2. The summed E-state index contributed by atoms with van der Waals surface area (Å²) in [5.74, 6) is 0.865. The van der Waals surface area contributed by atoms with Crippen molar-refractivity contribution in [3.8, 4) is 0 Å². The zero-order chi connectivity index (χ0) is 24.0. The Hall–Kier alpha value is -2.40. The van der Waals surface area contributed by atoms with Crippen LogP contribution in [0.3, 0.4) is 0 Å². The number of nitrogens with one attached hydrogen (secondary N) is 2. The highest BCUT2D eigenvalue weighted by Gasteiger charge is 2.38. The van der Waals surface area contributed by atoms with Gasteiger partial charge in [-0.3, -0.25) is 4.79 Å². The van der Waals surface area contributed by atoms with Crippen LogP contribution in [0.5, 0.6) is 0 Å². The molecule has 1 amide bonds. The van der Waals surface area contributed by atoms with Crippen molar-refractivity contribution < 1.29 is 9.32 Å². The van der Waals surface area contributed by atoms with Crippen molar-refractivity contribution in [3.05, 3.63) is 52.9 Å². The van der Waals surface area contributed by atoms with Crippen LogP contribution in [0.2, 0.25) is 0 Å². The molecule has 0 radical (unpaired) electrons. The summed E-state index contributed by atoms with van der Waals surface area (Å²) in [5, 5.41) is 10.8. The van der Waals surface area contributed by atoms with Gasteiger partial charge in [-0.2, -0.15) is 0 Å². The van der Waals surface area contributed by atoms with Gasteiger partial charge in [0.25, 0.3) is 5.91 Å². The van der Waals surface area contributed by atoms with Crippen molar-refractivity contribution in [1.82, 2.24) is 10.5 Å². The highest BCUT2D eigenvalue weighted by atomic mass is 16.5. The van der Waals surface area contributed by atoms with Crippen LogP contribution in [0, 0.1) is 12.3 Å². The quantitative estimate of drug-likeness (QED) is 0.535. The number of hydrogen-bond donors (Lipinski definition) is 2. The lowest BCUT2D eigenvalue weighted by atomic mass is 9.72. The van der Waals surface area contributed by atoms with Gasteiger partial charge in [0.1, 0.15) is 5.76 Å². The van der Waals surface area contributed by atoms with E-state index in [1.807, 2.05) is 0 Å². The molecule has 1 saturated heterocycles. The fourth-order valence-electron chi connectivity index (χ4n) is 5.73. The molecule has 2 heterocycles. The number of piperidine rings is 1. The molecule has 5 heteroatoms. The molecule has 178 valence electrons. The topological polar surface area (TPSA) is 67.2 Å². The number of aromatic nitrogens is 1. The third-order valence-electron chi connectivity index (χ3n) is 7.13. The number of benzene rings is 1. The molecule has 2 aliphatic rings. The van der Waals surface area contributed by atoms with E-state index in [0.29, 0.717) is 22.8 Å². The summed E-state index contributed by atoms with van der Waals surface area (Å²) in [6.07, 6.45) is 7.76. The number of amides is 1. The van der Waals surface area contributed by atoms with Crippen molar-refractivity contribution in [2.45, 2.75) is 97.6 Å². The molecule has 4 rings (SSSR count). The molecule has 1 aliphatic heterocycles. The van der Waals surface area contributed by atoms with Crippen molar-refractivity contribution in [3.63, 3.8) is 0 Å². The Morgan fingerprint density at radius 2 is 1.79 bits per heavy atom. The van der Waals surface area contributed by atoms with E-state index in [9.17, 15) is 4.79 Å². The van der Waals surface area contributed by atoms with Crippen LogP contribution >= 0.6 is 0 Å². The lowest BCUT2D eigenvalue weighted by molar-refractivity contribution is 0.101. The molecule has 0 atom stereocenters. The van der Waals surface area contributed by atoms with E-state index in [4.69, 9.17) is 4.52 Å². The number of anilines is 1. The van der Waals surface area contributed by atoms with E-state index < -0.39 is 0 Å². The van der Waals surface area contributed by atoms with E-state index in [1.54, 1.807) is 13.0 Å². The Kier molecular flexibility index (Phi) is 6.06. The minimum absolute atomic E-state index is 0.0818. The Balaban J connectivity index is 1.70. The first kappa shape index (κ1) is 23.7. The lowest BCUT2D eigenvalue weighted by Crippen LogP contribution is -2.57. The van der Waals surface area contributed by atoms with Crippen LogP contribution in [0.1, 0.15) is 107 Å². The summed E-state index contributed by atoms with van der Waals surface area (Å²) in [7, 11) is 0. The second kappa shape index (κ2) is 8.43. The van der Waals surface area contributed by atoms with Crippen molar-refractivity contribution in [2.24, 2.45) is 5.41 Å². The molecule has 1 fully saturated rings. The maximum absolute atomic E-state index is 12.9. The SMILES string of the molecule is Cc1cc(C(=O)Nc2ccc(C3CC(C)(C)NC(C)(C)C3)cc2C2=CCC(C)(C)CC2)no1. The van der Waals surface area contributed by atoms with Gasteiger partial charge in [-0.25, -0.2) is 0 Å². The third kappa shape index (κ3) is 5.57. The monoisotopic (exact) mass is 449 g/mol. The highest BCUT2D eigenvalue weighted by molar-refractivity contribution is 6.04. The summed E-state index contributed by atoms with van der Waals surface area (Å²) >= 11 is 0. The van der Waals surface area contributed by atoms with Gasteiger partial charge in [0, 0.05) is 28.4 Å². The number of rotatable bonds is 4. The first-order chi connectivity index (χ1) is 15.3. The summed E-state index contributed by atoms with van der Waals surface area (Å²) in [4.78, 5) is 12.9. The Bertz CT molecular complexity index is 1060. The summed E-state index contributed by atoms with van der Waals surface area (Å²) in [6, 6.07) is 8.28. The van der Waals surface area contributed by atoms with Crippen molar-refractivity contribution >= 4 is 17.2 Å². The van der Waals surface area contributed by atoms with Crippen molar-refractivity contribution in [2.75, 3.05) is 5.32 Å². The standard InChI is InChI=1S/C28H39N3O2/c1-18-14-24(30-33-18)25(32)29-23-9-8-20(21-16-27(4,5)31-28(6,7)17-21)15-22(23)19-10-12-26(2,3)13-11-19/h8-10,14-15,21,31H,11-13,16-17H2,1-7H3,(H,29,32). The molecule has 2 aromatic rings. The number of hydrogen-bond acceptors (Lipinski definition) is 4. The van der Waals surface area contributed by atoms with Crippen LogP contribution in [0.4, 0.5) is 5.69 Å². The number of nitrogens with zero attached hydrogens (tertiary/aromatic N) is 1. The molecule has 0 saturated carbocycles. The largest absolute Gasteiger partial charge is 0.361 e. The Morgan fingerprint density at radius 1 is 1.09 bits per heavy atom.